The standard InChI is InChI=1S/C20H17FN2O5S/c1-26-16-9-12(3-8-15(16)28-11-18(24)27-2)10-17-19(25)23-20(29-17)22-14-6-4-13(21)5-7-14/h3-10H,11H2,1-2H3,(H,22,23,25)/b17-10-. The predicted octanol–water partition coefficient (Wildman–Crippen LogP) is 3.28. The molecule has 2 aromatic rings. The first kappa shape index (κ1) is 20.4. The van der Waals surface area contributed by atoms with Crippen LogP contribution in [-0.2, 0) is 14.3 Å². The first-order valence-corrected chi connectivity index (χ1v) is 9.23. The Morgan fingerprint density at radius 1 is 1.17 bits per heavy atom. The van der Waals surface area contributed by atoms with Crippen molar-refractivity contribution >= 4 is 40.6 Å². The molecule has 1 aliphatic rings. The first-order valence-electron chi connectivity index (χ1n) is 8.41. The summed E-state index contributed by atoms with van der Waals surface area (Å²) in [4.78, 5) is 28.2. The summed E-state index contributed by atoms with van der Waals surface area (Å²) in [6, 6.07) is 10.7. The van der Waals surface area contributed by atoms with Gasteiger partial charge in [0, 0.05) is 0 Å². The average molecular weight is 416 g/mol. The van der Waals surface area contributed by atoms with Crippen LogP contribution in [-0.4, -0.2) is 37.9 Å². The Balaban J connectivity index is 1.76. The zero-order chi connectivity index (χ0) is 20.8. The maximum absolute atomic E-state index is 13.0. The smallest absolute Gasteiger partial charge is 0.343 e. The number of amides is 1. The van der Waals surface area contributed by atoms with Crippen LogP contribution in [0.3, 0.4) is 0 Å². The van der Waals surface area contributed by atoms with Gasteiger partial charge in [-0.15, -0.1) is 0 Å². The lowest BCUT2D eigenvalue weighted by atomic mass is 10.2. The second-order valence-electron chi connectivity index (χ2n) is 5.73. The van der Waals surface area contributed by atoms with Crippen molar-refractivity contribution in [3.8, 4) is 11.5 Å². The van der Waals surface area contributed by atoms with Crippen LogP contribution in [0.4, 0.5) is 10.1 Å². The third-order valence-corrected chi connectivity index (χ3v) is 4.68. The van der Waals surface area contributed by atoms with Crippen molar-refractivity contribution in [1.29, 1.82) is 0 Å². The molecule has 0 aliphatic carbocycles. The van der Waals surface area contributed by atoms with Crippen LogP contribution in [0, 0.1) is 5.82 Å². The molecule has 7 nitrogen and oxygen atoms in total. The molecule has 0 atom stereocenters. The minimum absolute atomic E-state index is 0.241. The van der Waals surface area contributed by atoms with Gasteiger partial charge < -0.3 is 19.5 Å². The van der Waals surface area contributed by atoms with E-state index in [1.54, 1.807) is 24.3 Å². The van der Waals surface area contributed by atoms with Crippen LogP contribution in [0.15, 0.2) is 52.4 Å². The number of amidine groups is 1. The van der Waals surface area contributed by atoms with E-state index in [1.165, 1.54) is 50.2 Å². The van der Waals surface area contributed by atoms with E-state index in [0.717, 1.165) is 0 Å². The highest BCUT2D eigenvalue weighted by Gasteiger charge is 2.24. The van der Waals surface area contributed by atoms with Gasteiger partial charge in [0.15, 0.2) is 23.3 Å². The summed E-state index contributed by atoms with van der Waals surface area (Å²) in [5.41, 5.74) is 1.23. The molecule has 1 N–H and O–H groups in total. The molecule has 0 unspecified atom stereocenters. The summed E-state index contributed by atoms with van der Waals surface area (Å²) in [5, 5.41) is 3.07. The van der Waals surface area contributed by atoms with E-state index in [0.29, 0.717) is 32.8 Å². The van der Waals surface area contributed by atoms with Gasteiger partial charge in [0.2, 0.25) is 0 Å². The number of nitrogens with zero attached hydrogens (tertiary/aromatic N) is 1. The van der Waals surface area contributed by atoms with Gasteiger partial charge in [-0.2, -0.15) is 0 Å². The summed E-state index contributed by atoms with van der Waals surface area (Å²) in [6.45, 7) is -0.241. The monoisotopic (exact) mass is 416 g/mol. The Kier molecular flexibility index (Phi) is 6.50. The lowest BCUT2D eigenvalue weighted by molar-refractivity contribution is -0.142. The van der Waals surface area contributed by atoms with Crippen molar-refractivity contribution in [3.63, 3.8) is 0 Å². The number of esters is 1. The molecule has 2 aromatic carbocycles. The van der Waals surface area contributed by atoms with Crippen molar-refractivity contribution in [2.45, 2.75) is 0 Å². The Morgan fingerprint density at radius 2 is 1.93 bits per heavy atom. The second kappa shape index (κ2) is 9.24. The van der Waals surface area contributed by atoms with Crippen LogP contribution >= 0.6 is 11.8 Å². The highest BCUT2D eigenvalue weighted by atomic mass is 32.2. The fourth-order valence-corrected chi connectivity index (χ4v) is 3.20. The minimum Gasteiger partial charge on any atom is -0.493 e. The molecule has 1 heterocycles. The van der Waals surface area contributed by atoms with Crippen LogP contribution in [0.1, 0.15) is 5.56 Å². The molecule has 1 fully saturated rings. The first-order chi connectivity index (χ1) is 14.0. The zero-order valence-electron chi connectivity index (χ0n) is 15.6. The van der Waals surface area contributed by atoms with E-state index < -0.39 is 5.97 Å². The van der Waals surface area contributed by atoms with Crippen molar-refractivity contribution in [3.05, 3.63) is 58.8 Å². The van der Waals surface area contributed by atoms with Gasteiger partial charge in [-0.1, -0.05) is 6.07 Å². The normalized spacial score (nSPS) is 16.0. The molecule has 1 amide bonds. The van der Waals surface area contributed by atoms with Crippen molar-refractivity contribution in [1.82, 2.24) is 5.32 Å². The number of carbonyl (C=O) groups is 2. The predicted molar refractivity (Wildman–Crippen MR) is 108 cm³/mol. The molecule has 150 valence electrons. The molecule has 0 saturated carbocycles. The molecule has 0 spiro atoms. The summed E-state index contributed by atoms with van der Waals surface area (Å²) >= 11 is 1.17. The summed E-state index contributed by atoms with van der Waals surface area (Å²) in [6.07, 6.45) is 1.68. The SMILES string of the molecule is COC(=O)COc1ccc(/C=C2\SC(=Nc3ccc(F)cc3)NC2=O)cc1OC. The number of rotatable bonds is 6. The van der Waals surface area contributed by atoms with Gasteiger partial charge in [-0.05, 0) is 59.8 Å². The number of carbonyl (C=O) groups excluding carboxylic acids is 2. The van der Waals surface area contributed by atoms with E-state index in [4.69, 9.17) is 9.47 Å². The van der Waals surface area contributed by atoms with E-state index in [9.17, 15) is 14.0 Å². The number of ether oxygens (including phenoxy) is 3. The highest BCUT2D eigenvalue weighted by molar-refractivity contribution is 8.18. The molecule has 0 radical (unpaired) electrons. The average Bonchev–Trinajstić information content (AvgIpc) is 3.06. The van der Waals surface area contributed by atoms with Gasteiger partial charge in [0.25, 0.3) is 5.91 Å². The van der Waals surface area contributed by atoms with E-state index in [2.05, 4.69) is 15.0 Å². The van der Waals surface area contributed by atoms with Crippen LogP contribution in [0.2, 0.25) is 0 Å². The molecule has 1 saturated heterocycles. The van der Waals surface area contributed by atoms with Crippen LogP contribution in [0.25, 0.3) is 6.08 Å². The summed E-state index contributed by atoms with van der Waals surface area (Å²) < 4.78 is 28.2. The summed E-state index contributed by atoms with van der Waals surface area (Å²) in [7, 11) is 2.75. The Morgan fingerprint density at radius 3 is 2.62 bits per heavy atom. The van der Waals surface area contributed by atoms with Crippen molar-refractivity contribution in [2.75, 3.05) is 20.8 Å². The van der Waals surface area contributed by atoms with Crippen molar-refractivity contribution in [2.24, 2.45) is 4.99 Å². The van der Waals surface area contributed by atoms with Gasteiger partial charge in [0.1, 0.15) is 5.82 Å². The third kappa shape index (κ3) is 5.35. The molecule has 1 aliphatic heterocycles. The Hall–Kier alpha value is -3.33. The van der Waals surface area contributed by atoms with E-state index in [1.807, 2.05) is 0 Å². The maximum Gasteiger partial charge on any atom is 0.343 e. The number of methoxy groups -OCH3 is 2. The maximum atomic E-state index is 13.0. The Labute approximate surface area is 170 Å². The topological polar surface area (TPSA) is 86.2 Å². The molecule has 9 heteroatoms. The number of benzene rings is 2. The van der Waals surface area contributed by atoms with E-state index >= 15 is 0 Å². The molecule has 29 heavy (non-hydrogen) atoms. The van der Waals surface area contributed by atoms with Gasteiger partial charge in [-0.25, -0.2) is 14.2 Å². The lowest BCUT2D eigenvalue weighted by Gasteiger charge is -2.10. The quantitative estimate of drug-likeness (QED) is 0.575. The number of aliphatic imine (C=N–C) groups is 1. The van der Waals surface area contributed by atoms with Crippen LogP contribution < -0.4 is 14.8 Å². The number of halogens is 1. The molecular formula is C20H17FN2O5S. The number of hydrogen-bond donors (Lipinski definition) is 1. The molecule has 0 aromatic heterocycles. The van der Waals surface area contributed by atoms with Gasteiger partial charge in [0.05, 0.1) is 24.8 Å². The second-order valence-corrected chi connectivity index (χ2v) is 6.76. The lowest BCUT2D eigenvalue weighted by Crippen LogP contribution is -2.19. The molecule has 0 bridgehead atoms. The fraction of sp³-hybridized carbons (Fsp3) is 0.150. The number of hydrogen-bond acceptors (Lipinski definition) is 7. The van der Waals surface area contributed by atoms with Crippen molar-refractivity contribution < 1.29 is 28.2 Å². The van der Waals surface area contributed by atoms with Crippen LogP contribution in [0.5, 0.6) is 11.5 Å². The van der Waals surface area contributed by atoms with Gasteiger partial charge in [-0.3, -0.25) is 4.79 Å². The fourth-order valence-electron chi connectivity index (χ4n) is 2.35. The zero-order valence-corrected chi connectivity index (χ0v) is 16.4. The Bertz CT molecular complexity index is 989. The summed E-state index contributed by atoms with van der Waals surface area (Å²) in [5.74, 6) is -0.370. The largest absolute Gasteiger partial charge is 0.493 e. The molecular weight excluding hydrogens is 399 g/mol. The third-order valence-electron chi connectivity index (χ3n) is 3.77. The van der Waals surface area contributed by atoms with Gasteiger partial charge >= 0.3 is 5.97 Å². The minimum atomic E-state index is -0.509. The number of thioether (sulfide) groups is 1. The highest BCUT2D eigenvalue weighted by Crippen LogP contribution is 2.32. The van der Waals surface area contributed by atoms with E-state index in [-0.39, 0.29) is 18.3 Å². The number of nitrogens with one attached hydrogen (secondary N) is 1. The molecule has 3 rings (SSSR count).